The van der Waals surface area contributed by atoms with E-state index in [9.17, 15) is 14.0 Å². The van der Waals surface area contributed by atoms with E-state index in [2.05, 4.69) is 27.9 Å². The molecule has 1 atom stereocenters. The number of benzene rings is 3. The lowest BCUT2D eigenvalue weighted by Crippen LogP contribution is -2.29. The second kappa shape index (κ2) is 9.30. The molecule has 0 amide bonds. The minimum absolute atomic E-state index is 0.0882. The lowest BCUT2D eigenvalue weighted by Gasteiger charge is -2.29. The van der Waals surface area contributed by atoms with Gasteiger partial charge in [0.25, 0.3) is 0 Å². The van der Waals surface area contributed by atoms with E-state index in [0.717, 1.165) is 20.4 Å². The number of nitrogens with one attached hydrogen (secondary N) is 1. The van der Waals surface area contributed by atoms with Crippen LogP contribution in [0.2, 0.25) is 0 Å². The van der Waals surface area contributed by atoms with Crippen LogP contribution in [0.3, 0.4) is 0 Å². The fraction of sp³-hybridized carbons (Fsp3) is 0.143. The Morgan fingerprint density at radius 2 is 1.77 bits per heavy atom. The highest BCUT2D eigenvalue weighted by atomic mass is 127. The average Bonchev–Trinajstić information content (AvgIpc) is 3.14. The van der Waals surface area contributed by atoms with Gasteiger partial charge in [-0.15, -0.1) is 0 Å². The number of halogens is 2. The molecule has 176 valence electrons. The lowest BCUT2D eigenvalue weighted by atomic mass is 9.80. The van der Waals surface area contributed by atoms with Gasteiger partial charge < -0.3 is 14.8 Å². The Morgan fingerprint density at radius 3 is 2.49 bits per heavy atom. The van der Waals surface area contributed by atoms with Crippen LogP contribution < -0.4 is 10.1 Å². The van der Waals surface area contributed by atoms with Crippen molar-refractivity contribution in [1.29, 1.82) is 0 Å². The third-order valence-electron chi connectivity index (χ3n) is 6.28. The number of ketones is 1. The second-order valence-electron chi connectivity index (χ2n) is 8.32. The molecule has 0 spiro atoms. The molecule has 0 fully saturated rings. The van der Waals surface area contributed by atoms with Gasteiger partial charge in [0.05, 0.1) is 22.0 Å². The lowest BCUT2D eigenvalue weighted by molar-refractivity contribution is -0.136. The Labute approximate surface area is 215 Å². The predicted molar refractivity (Wildman–Crippen MR) is 138 cm³/mol. The quantitative estimate of drug-likeness (QED) is 0.307. The average molecular weight is 581 g/mol. The van der Waals surface area contributed by atoms with Crippen molar-refractivity contribution in [2.45, 2.75) is 19.4 Å². The van der Waals surface area contributed by atoms with E-state index in [0.29, 0.717) is 33.7 Å². The number of fused-ring (bicyclic) bond motifs is 2. The number of methoxy groups -OCH3 is 1. The molecule has 1 aliphatic heterocycles. The molecule has 0 bridgehead atoms. The van der Waals surface area contributed by atoms with Crippen LogP contribution in [0.5, 0.6) is 5.75 Å². The van der Waals surface area contributed by atoms with Crippen LogP contribution in [0.4, 0.5) is 4.39 Å². The second-order valence-corrected chi connectivity index (χ2v) is 9.48. The molecular formula is C28H21FINO4. The number of carbonyl (C=O) groups is 2. The van der Waals surface area contributed by atoms with Crippen molar-refractivity contribution in [2.24, 2.45) is 0 Å². The zero-order valence-electron chi connectivity index (χ0n) is 19.0. The van der Waals surface area contributed by atoms with Crippen molar-refractivity contribution in [2.75, 3.05) is 7.11 Å². The van der Waals surface area contributed by atoms with Crippen LogP contribution in [0, 0.1) is 9.39 Å². The standard InChI is InChI=1S/C28H21FINO4/c1-15-23(28(33)34-2)24(25-26(31-15)18-8-4-5-9-19(18)27(25)32)16-11-12-22(21(30)13-16)35-14-17-7-3-6-10-20(17)29/h3-13,24,31H,14H2,1-2H3/t24-/m1/s1. The summed E-state index contributed by atoms with van der Waals surface area (Å²) in [4.78, 5) is 26.3. The smallest absolute Gasteiger partial charge is 0.336 e. The summed E-state index contributed by atoms with van der Waals surface area (Å²) in [6.45, 7) is 1.90. The molecule has 1 heterocycles. The Hall–Kier alpha value is -3.46. The maximum atomic E-state index is 14.0. The number of carbonyl (C=O) groups excluding carboxylic acids is 2. The van der Waals surface area contributed by atoms with Gasteiger partial charge in [-0.2, -0.15) is 0 Å². The molecule has 35 heavy (non-hydrogen) atoms. The number of allylic oxidation sites excluding steroid dienone is 2. The third kappa shape index (κ3) is 4.03. The van der Waals surface area contributed by atoms with Crippen molar-refractivity contribution >= 4 is 40.0 Å². The summed E-state index contributed by atoms with van der Waals surface area (Å²) >= 11 is 2.15. The van der Waals surface area contributed by atoms with Crippen LogP contribution in [0.1, 0.15) is 39.9 Å². The van der Waals surface area contributed by atoms with Crippen LogP contribution in [-0.2, 0) is 16.1 Å². The zero-order chi connectivity index (χ0) is 24.7. The van der Waals surface area contributed by atoms with Gasteiger partial charge in [-0.25, -0.2) is 9.18 Å². The van der Waals surface area contributed by atoms with Gasteiger partial charge in [0.1, 0.15) is 18.2 Å². The van der Waals surface area contributed by atoms with E-state index in [1.54, 1.807) is 30.3 Å². The summed E-state index contributed by atoms with van der Waals surface area (Å²) in [7, 11) is 1.33. The highest BCUT2D eigenvalue weighted by molar-refractivity contribution is 14.1. The van der Waals surface area contributed by atoms with E-state index >= 15 is 0 Å². The van der Waals surface area contributed by atoms with Crippen molar-refractivity contribution in [3.05, 3.63) is 115 Å². The molecule has 7 heteroatoms. The molecule has 0 radical (unpaired) electrons. The maximum Gasteiger partial charge on any atom is 0.336 e. The largest absolute Gasteiger partial charge is 0.488 e. The summed E-state index contributed by atoms with van der Waals surface area (Å²) in [5, 5.41) is 3.28. The molecule has 0 saturated heterocycles. The van der Waals surface area contributed by atoms with E-state index in [1.807, 2.05) is 37.3 Å². The molecule has 5 rings (SSSR count). The number of hydrogen-bond donors (Lipinski definition) is 1. The van der Waals surface area contributed by atoms with Crippen LogP contribution in [0.15, 0.2) is 83.6 Å². The topological polar surface area (TPSA) is 64.6 Å². The number of ether oxygens (including phenoxy) is 2. The van der Waals surface area contributed by atoms with Gasteiger partial charge in [0.2, 0.25) is 0 Å². The highest BCUT2D eigenvalue weighted by Gasteiger charge is 2.42. The minimum Gasteiger partial charge on any atom is -0.488 e. The summed E-state index contributed by atoms with van der Waals surface area (Å²) in [6.07, 6.45) is 0. The SMILES string of the molecule is COC(=O)C1=C(C)NC2=C(C(=O)c3ccccc32)[C@@H]1c1ccc(OCc2ccccc2F)c(I)c1. The Balaban J connectivity index is 1.55. The minimum atomic E-state index is -0.604. The highest BCUT2D eigenvalue weighted by Crippen LogP contribution is 2.47. The van der Waals surface area contributed by atoms with Crippen molar-refractivity contribution < 1.29 is 23.5 Å². The Kier molecular flexibility index (Phi) is 6.19. The van der Waals surface area contributed by atoms with Crippen LogP contribution in [-0.4, -0.2) is 18.9 Å². The van der Waals surface area contributed by atoms with Crippen LogP contribution in [0.25, 0.3) is 5.70 Å². The molecule has 1 aliphatic carbocycles. The van der Waals surface area contributed by atoms with Crippen molar-refractivity contribution in [3.63, 3.8) is 0 Å². The first-order valence-corrected chi connectivity index (χ1v) is 12.1. The summed E-state index contributed by atoms with van der Waals surface area (Å²) in [5.74, 6) is -0.951. The van der Waals surface area contributed by atoms with E-state index in [-0.39, 0.29) is 18.2 Å². The number of dihydropyridines is 1. The monoisotopic (exact) mass is 581 g/mol. The third-order valence-corrected chi connectivity index (χ3v) is 7.13. The first-order chi connectivity index (χ1) is 16.9. The summed E-state index contributed by atoms with van der Waals surface area (Å²) in [6, 6.07) is 19.4. The molecule has 5 nitrogen and oxygen atoms in total. The van der Waals surface area contributed by atoms with Gasteiger partial charge in [0, 0.05) is 33.9 Å². The zero-order valence-corrected chi connectivity index (χ0v) is 21.2. The number of Topliss-reactive ketones (excluding diaryl/α,β-unsaturated/α-hetero) is 1. The number of hydrogen-bond acceptors (Lipinski definition) is 5. The molecule has 0 unspecified atom stereocenters. The number of esters is 1. The molecule has 3 aromatic rings. The fourth-order valence-corrected chi connectivity index (χ4v) is 5.32. The van der Waals surface area contributed by atoms with E-state index in [1.165, 1.54) is 13.2 Å². The Morgan fingerprint density at radius 1 is 1.06 bits per heavy atom. The van der Waals surface area contributed by atoms with Gasteiger partial charge >= 0.3 is 5.97 Å². The van der Waals surface area contributed by atoms with Gasteiger partial charge in [0.15, 0.2) is 5.78 Å². The fourth-order valence-electron chi connectivity index (χ4n) is 4.63. The van der Waals surface area contributed by atoms with Gasteiger partial charge in [-0.1, -0.05) is 48.5 Å². The summed E-state index contributed by atoms with van der Waals surface area (Å²) in [5.41, 5.74) is 4.92. The Bertz CT molecular complexity index is 1440. The molecule has 2 aliphatic rings. The predicted octanol–water partition coefficient (Wildman–Crippen LogP) is 5.75. The molecular weight excluding hydrogens is 560 g/mol. The first kappa shape index (κ1) is 23.3. The number of rotatable bonds is 5. The maximum absolute atomic E-state index is 14.0. The van der Waals surface area contributed by atoms with Crippen molar-refractivity contribution in [3.8, 4) is 5.75 Å². The summed E-state index contributed by atoms with van der Waals surface area (Å²) < 4.78 is 25.7. The van der Waals surface area contributed by atoms with Crippen LogP contribution >= 0.6 is 22.6 Å². The van der Waals surface area contributed by atoms with E-state index in [4.69, 9.17) is 9.47 Å². The first-order valence-electron chi connectivity index (χ1n) is 11.0. The molecule has 1 N–H and O–H groups in total. The van der Waals surface area contributed by atoms with Gasteiger partial charge in [-0.3, -0.25) is 4.79 Å². The molecule has 0 aromatic heterocycles. The molecule has 3 aromatic carbocycles. The van der Waals surface area contributed by atoms with Gasteiger partial charge in [-0.05, 0) is 53.3 Å². The van der Waals surface area contributed by atoms with Crippen molar-refractivity contribution in [1.82, 2.24) is 5.32 Å². The molecule has 0 saturated carbocycles. The normalized spacial score (nSPS) is 16.6. The van der Waals surface area contributed by atoms with E-state index < -0.39 is 11.9 Å².